The number of likely N-dealkylation sites (tertiary alicyclic amines) is 1. The maximum Gasteiger partial charge on any atom is 0.227 e. The molecule has 1 aliphatic heterocycles. The van der Waals surface area contributed by atoms with Crippen LogP contribution >= 0.6 is 0 Å². The Hall–Kier alpha value is -2.76. The lowest BCUT2D eigenvalue weighted by Crippen LogP contribution is -2.53. The van der Waals surface area contributed by atoms with E-state index in [1.165, 1.54) is 19.1 Å². The summed E-state index contributed by atoms with van der Waals surface area (Å²) in [6, 6.07) is 12.8. The summed E-state index contributed by atoms with van der Waals surface area (Å²) in [5.74, 6) is -1.64. The molecule has 0 aliphatic carbocycles. The van der Waals surface area contributed by atoms with Crippen LogP contribution in [-0.4, -0.2) is 35.8 Å². The molecule has 2 atom stereocenters. The van der Waals surface area contributed by atoms with Gasteiger partial charge in [0, 0.05) is 32.0 Å². The van der Waals surface area contributed by atoms with Crippen LogP contribution < -0.4 is 5.32 Å². The number of amides is 2. The summed E-state index contributed by atoms with van der Waals surface area (Å²) in [6.07, 6.45) is 0.635. The van der Waals surface area contributed by atoms with E-state index in [1.807, 2.05) is 30.3 Å². The van der Waals surface area contributed by atoms with Gasteiger partial charge in [0.05, 0.1) is 12.5 Å². The topological polar surface area (TPSA) is 49.4 Å². The zero-order chi connectivity index (χ0) is 19.4. The normalized spacial score (nSPS) is 19.6. The molecule has 0 bridgehead atoms. The first-order valence-corrected chi connectivity index (χ1v) is 8.97. The Labute approximate surface area is 157 Å². The number of carbonyl (C=O) groups excluding carboxylic acids is 2. The van der Waals surface area contributed by atoms with Crippen LogP contribution in [0.15, 0.2) is 48.5 Å². The van der Waals surface area contributed by atoms with Crippen molar-refractivity contribution in [2.75, 3.05) is 13.1 Å². The average molecular weight is 372 g/mol. The van der Waals surface area contributed by atoms with Crippen LogP contribution in [0.2, 0.25) is 0 Å². The lowest BCUT2D eigenvalue weighted by atomic mass is 9.85. The Bertz CT molecular complexity index is 806. The molecule has 1 saturated heterocycles. The molecule has 6 heteroatoms. The molecule has 0 radical (unpaired) electrons. The van der Waals surface area contributed by atoms with Gasteiger partial charge in [0.1, 0.15) is 11.6 Å². The van der Waals surface area contributed by atoms with Gasteiger partial charge >= 0.3 is 0 Å². The molecule has 2 amide bonds. The maximum atomic E-state index is 13.4. The van der Waals surface area contributed by atoms with E-state index in [2.05, 4.69) is 5.32 Å². The Morgan fingerprint density at radius 1 is 1.11 bits per heavy atom. The fraction of sp³-hybridized carbons (Fsp3) is 0.333. The molecular formula is C21H22F2N2O2. The van der Waals surface area contributed by atoms with E-state index >= 15 is 0 Å². The third-order valence-corrected chi connectivity index (χ3v) is 4.86. The van der Waals surface area contributed by atoms with Crippen molar-refractivity contribution in [2.45, 2.75) is 31.7 Å². The van der Waals surface area contributed by atoms with Gasteiger partial charge in [-0.05, 0) is 29.7 Å². The molecular weight excluding hydrogens is 350 g/mol. The molecule has 0 saturated carbocycles. The van der Waals surface area contributed by atoms with Crippen molar-refractivity contribution in [3.63, 3.8) is 0 Å². The minimum Gasteiger partial charge on any atom is -0.351 e. The molecule has 1 heterocycles. The smallest absolute Gasteiger partial charge is 0.227 e. The number of rotatable bonds is 4. The summed E-state index contributed by atoms with van der Waals surface area (Å²) in [4.78, 5) is 25.9. The van der Waals surface area contributed by atoms with Crippen LogP contribution in [0, 0.1) is 11.6 Å². The van der Waals surface area contributed by atoms with Crippen molar-refractivity contribution < 1.29 is 18.4 Å². The van der Waals surface area contributed by atoms with Crippen LogP contribution in [0.1, 0.15) is 30.4 Å². The predicted octanol–water partition coefficient (Wildman–Crippen LogP) is 3.03. The highest BCUT2D eigenvalue weighted by Gasteiger charge is 2.32. The third kappa shape index (κ3) is 4.90. The van der Waals surface area contributed by atoms with Crippen LogP contribution in [0.25, 0.3) is 0 Å². The average Bonchev–Trinajstić information content (AvgIpc) is 2.61. The van der Waals surface area contributed by atoms with Gasteiger partial charge in [-0.1, -0.05) is 30.3 Å². The number of halogens is 2. The van der Waals surface area contributed by atoms with E-state index in [1.54, 1.807) is 4.90 Å². The minimum atomic E-state index is -0.697. The Morgan fingerprint density at radius 3 is 2.41 bits per heavy atom. The summed E-state index contributed by atoms with van der Waals surface area (Å²) < 4.78 is 26.7. The maximum absolute atomic E-state index is 13.4. The largest absolute Gasteiger partial charge is 0.351 e. The quantitative estimate of drug-likeness (QED) is 0.897. The molecule has 27 heavy (non-hydrogen) atoms. The zero-order valence-electron chi connectivity index (χ0n) is 15.1. The van der Waals surface area contributed by atoms with Gasteiger partial charge in [-0.25, -0.2) is 8.78 Å². The SMILES string of the molecule is CC(=O)N[C@@H]1CN(C(=O)Cc2cc(F)cc(F)c2)CC[C@H]1c1ccccc1. The summed E-state index contributed by atoms with van der Waals surface area (Å²) in [7, 11) is 0. The highest BCUT2D eigenvalue weighted by Crippen LogP contribution is 2.29. The Kier molecular flexibility index (Phi) is 5.84. The van der Waals surface area contributed by atoms with Crippen LogP contribution in [0.3, 0.4) is 0 Å². The van der Waals surface area contributed by atoms with Crippen molar-refractivity contribution in [2.24, 2.45) is 0 Å². The number of carbonyl (C=O) groups is 2. The van der Waals surface area contributed by atoms with Gasteiger partial charge in [0.2, 0.25) is 11.8 Å². The van der Waals surface area contributed by atoms with E-state index < -0.39 is 11.6 Å². The van der Waals surface area contributed by atoms with Crippen LogP contribution in [-0.2, 0) is 16.0 Å². The number of hydrogen-bond acceptors (Lipinski definition) is 2. The van der Waals surface area contributed by atoms with Crippen LogP contribution in [0.5, 0.6) is 0 Å². The van der Waals surface area contributed by atoms with Crippen LogP contribution in [0.4, 0.5) is 8.78 Å². The number of benzene rings is 2. The van der Waals surface area contributed by atoms with Crippen molar-refractivity contribution in [1.82, 2.24) is 10.2 Å². The van der Waals surface area contributed by atoms with E-state index in [9.17, 15) is 18.4 Å². The molecule has 4 nitrogen and oxygen atoms in total. The van der Waals surface area contributed by atoms with Crippen molar-refractivity contribution >= 4 is 11.8 Å². The molecule has 3 rings (SSSR count). The summed E-state index contributed by atoms with van der Waals surface area (Å²) in [6.45, 7) is 2.36. The number of nitrogens with zero attached hydrogens (tertiary/aromatic N) is 1. The molecule has 1 fully saturated rings. The fourth-order valence-electron chi connectivity index (χ4n) is 3.68. The molecule has 2 aromatic carbocycles. The highest BCUT2D eigenvalue weighted by atomic mass is 19.1. The Morgan fingerprint density at radius 2 is 1.78 bits per heavy atom. The van der Waals surface area contributed by atoms with E-state index in [-0.39, 0.29) is 30.2 Å². The summed E-state index contributed by atoms with van der Waals surface area (Å²) in [5, 5.41) is 2.94. The van der Waals surface area contributed by atoms with Gasteiger partial charge in [-0.3, -0.25) is 9.59 Å². The molecule has 1 aliphatic rings. The predicted molar refractivity (Wildman–Crippen MR) is 98.0 cm³/mol. The van der Waals surface area contributed by atoms with Gasteiger partial charge in [-0.15, -0.1) is 0 Å². The third-order valence-electron chi connectivity index (χ3n) is 4.86. The molecule has 0 unspecified atom stereocenters. The molecule has 142 valence electrons. The highest BCUT2D eigenvalue weighted by molar-refractivity contribution is 5.79. The van der Waals surface area contributed by atoms with Gasteiger partial charge in [-0.2, -0.15) is 0 Å². The van der Waals surface area contributed by atoms with Crippen molar-refractivity contribution in [3.8, 4) is 0 Å². The summed E-state index contributed by atoms with van der Waals surface area (Å²) >= 11 is 0. The Balaban J connectivity index is 1.72. The minimum absolute atomic E-state index is 0.0719. The van der Waals surface area contributed by atoms with Crippen molar-refractivity contribution in [1.29, 1.82) is 0 Å². The second-order valence-corrected chi connectivity index (χ2v) is 6.91. The van der Waals surface area contributed by atoms with E-state index in [0.717, 1.165) is 11.6 Å². The van der Waals surface area contributed by atoms with Gasteiger partial charge in [0.25, 0.3) is 0 Å². The zero-order valence-corrected chi connectivity index (χ0v) is 15.1. The second-order valence-electron chi connectivity index (χ2n) is 6.91. The molecule has 0 spiro atoms. The van der Waals surface area contributed by atoms with Crippen molar-refractivity contribution in [3.05, 3.63) is 71.3 Å². The first kappa shape index (κ1) is 19.0. The first-order chi connectivity index (χ1) is 12.9. The monoisotopic (exact) mass is 372 g/mol. The lowest BCUT2D eigenvalue weighted by molar-refractivity contribution is -0.133. The molecule has 1 N–H and O–H groups in total. The first-order valence-electron chi connectivity index (χ1n) is 8.97. The number of hydrogen-bond donors (Lipinski definition) is 1. The molecule has 0 aromatic heterocycles. The standard InChI is InChI=1S/C21H22F2N2O2/c1-14(26)24-20-13-25(8-7-19(20)16-5-3-2-4-6-16)21(27)11-15-9-17(22)12-18(23)10-15/h2-6,9-10,12,19-20H,7-8,11,13H2,1H3,(H,24,26)/t19-,20+/m0/s1. The number of nitrogens with one attached hydrogen (secondary N) is 1. The second kappa shape index (κ2) is 8.29. The summed E-state index contributed by atoms with van der Waals surface area (Å²) in [5.41, 5.74) is 1.43. The molecule has 2 aromatic rings. The number of piperidine rings is 1. The van der Waals surface area contributed by atoms with Gasteiger partial charge in [0.15, 0.2) is 0 Å². The van der Waals surface area contributed by atoms with E-state index in [0.29, 0.717) is 25.1 Å². The van der Waals surface area contributed by atoms with Gasteiger partial charge < -0.3 is 10.2 Å². The fourth-order valence-corrected chi connectivity index (χ4v) is 3.68. The lowest BCUT2D eigenvalue weighted by Gasteiger charge is -2.39. The van der Waals surface area contributed by atoms with E-state index in [4.69, 9.17) is 0 Å².